The van der Waals surface area contributed by atoms with Crippen molar-refractivity contribution in [3.05, 3.63) is 0 Å². The quantitative estimate of drug-likeness (QED) is 0.730. The van der Waals surface area contributed by atoms with Gasteiger partial charge in [-0.15, -0.1) is 0 Å². The van der Waals surface area contributed by atoms with Crippen LogP contribution in [0, 0.1) is 0 Å². The van der Waals surface area contributed by atoms with Crippen LogP contribution in [0.1, 0.15) is 20.8 Å². The molecule has 0 aromatic rings. The van der Waals surface area contributed by atoms with Crippen molar-refractivity contribution in [2.75, 3.05) is 14.1 Å². The van der Waals surface area contributed by atoms with Gasteiger partial charge in [0.2, 0.25) is 0 Å². The van der Waals surface area contributed by atoms with Gasteiger partial charge in [-0.2, -0.15) is 17.0 Å². The molecule has 0 aliphatic heterocycles. The van der Waals surface area contributed by atoms with Crippen molar-refractivity contribution in [2.45, 2.75) is 32.9 Å². The van der Waals surface area contributed by atoms with Crippen LogP contribution < -0.4 is 0 Å². The van der Waals surface area contributed by atoms with Crippen LogP contribution >= 0.6 is 0 Å². The third kappa shape index (κ3) is 3.15. The molecule has 0 bridgehead atoms. The summed E-state index contributed by atoms with van der Waals surface area (Å²) in [5, 5.41) is 8.71. The number of carboxylic acids is 1. The molecule has 0 radical (unpaired) electrons. The summed E-state index contributed by atoms with van der Waals surface area (Å²) >= 11 is 0. The molecule has 0 aliphatic rings. The normalized spacial score (nSPS) is 14.9. The van der Waals surface area contributed by atoms with E-state index < -0.39 is 22.2 Å². The van der Waals surface area contributed by atoms with Gasteiger partial charge in [0.25, 0.3) is 10.2 Å². The summed E-state index contributed by atoms with van der Waals surface area (Å²) in [5.41, 5.74) is 0. The Morgan fingerprint density at radius 2 is 1.53 bits per heavy atom. The molecular weight excluding hydrogens is 220 g/mol. The van der Waals surface area contributed by atoms with Gasteiger partial charge in [0.1, 0.15) is 6.04 Å². The molecule has 0 aliphatic carbocycles. The Balaban J connectivity index is 4.97. The highest BCUT2D eigenvalue weighted by Gasteiger charge is 2.32. The van der Waals surface area contributed by atoms with Crippen LogP contribution in [0.5, 0.6) is 0 Å². The summed E-state index contributed by atoms with van der Waals surface area (Å²) < 4.78 is 25.6. The number of hydrogen-bond acceptors (Lipinski definition) is 3. The first-order chi connectivity index (χ1) is 6.62. The molecule has 1 unspecified atom stereocenters. The van der Waals surface area contributed by atoms with Crippen molar-refractivity contribution in [3.8, 4) is 0 Å². The first kappa shape index (κ1) is 14.3. The zero-order valence-corrected chi connectivity index (χ0v) is 10.4. The van der Waals surface area contributed by atoms with Gasteiger partial charge in [0, 0.05) is 20.1 Å². The van der Waals surface area contributed by atoms with Crippen LogP contribution in [0.25, 0.3) is 0 Å². The summed E-state index contributed by atoms with van der Waals surface area (Å²) in [4.78, 5) is 10.7. The summed E-state index contributed by atoms with van der Waals surface area (Å²) in [6, 6.07) is -1.28. The fraction of sp³-hybridized carbons (Fsp3) is 0.875. The van der Waals surface area contributed by atoms with E-state index in [1.807, 2.05) is 0 Å². The number of carbonyl (C=O) groups is 1. The van der Waals surface area contributed by atoms with E-state index in [1.54, 1.807) is 13.8 Å². The lowest BCUT2D eigenvalue weighted by Crippen LogP contribution is -2.48. The van der Waals surface area contributed by atoms with Crippen LogP contribution in [-0.2, 0) is 15.0 Å². The van der Waals surface area contributed by atoms with Crippen molar-refractivity contribution >= 4 is 16.2 Å². The van der Waals surface area contributed by atoms with Crippen LogP contribution in [0.2, 0.25) is 0 Å². The van der Waals surface area contributed by atoms with Gasteiger partial charge in [-0.05, 0) is 20.8 Å². The van der Waals surface area contributed by atoms with Gasteiger partial charge < -0.3 is 5.11 Å². The second-order valence-corrected chi connectivity index (χ2v) is 5.70. The van der Waals surface area contributed by atoms with Crippen LogP contribution in [0.3, 0.4) is 0 Å². The Bertz CT molecular complexity index is 326. The van der Waals surface area contributed by atoms with Crippen molar-refractivity contribution < 1.29 is 18.3 Å². The summed E-state index contributed by atoms with van der Waals surface area (Å²) in [7, 11) is -1.02. The zero-order valence-electron chi connectivity index (χ0n) is 9.63. The highest BCUT2D eigenvalue weighted by molar-refractivity contribution is 7.86. The molecule has 0 aromatic heterocycles. The monoisotopic (exact) mass is 238 g/mol. The SMILES string of the molecule is CC(C)N(C)S(=O)(=O)N(C)C(C)C(=O)O. The van der Waals surface area contributed by atoms with Crippen molar-refractivity contribution in [1.82, 2.24) is 8.61 Å². The lowest BCUT2D eigenvalue weighted by Gasteiger charge is -2.28. The van der Waals surface area contributed by atoms with Crippen molar-refractivity contribution in [3.63, 3.8) is 0 Å². The van der Waals surface area contributed by atoms with Crippen molar-refractivity contribution in [1.29, 1.82) is 0 Å². The lowest BCUT2D eigenvalue weighted by atomic mass is 10.4. The van der Waals surface area contributed by atoms with Gasteiger partial charge in [0.15, 0.2) is 0 Å². The average Bonchev–Trinajstić information content (AvgIpc) is 2.13. The Morgan fingerprint density at radius 3 is 1.80 bits per heavy atom. The summed E-state index contributed by atoms with van der Waals surface area (Å²) in [5.74, 6) is -1.17. The van der Waals surface area contributed by atoms with Gasteiger partial charge >= 0.3 is 5.97 Å². The van der Waals surface area contributed by atoms with Gasteiger partial charge in [-0.25, -0.2) is 0 Å². The fourth-order valence-electron chi connectivity index (χ4n) is 0.825. The smallest absolute Gasteiger partial charge is 0.321 e. The van der Waals surface area contributed by atoms with E-state index in [-0.39, 0.29) is 6.04 Å². The molecule has 0 aromatic carbocycles. The molecular formula is C8H18N2O4S. The van der Waals surface area contributed by atoms with E-state index in [4.69, 9.17) is 5.11 Å². The number of carboxylic acid groups (broad SMARTS) is 1. The van der Waals surface area contributed by atoms with Crippen LogP contribution in [0.15, 0.2) is 0 Å². The molecule has 0 amide bonds. The molecule has 7 heteroatoms. The van der Waals surface area contributed by atoms with Gasteiger partial charge in [-0.1, -0.05) is 0 Å². The number of hydrogen-bond donors (Lipinski definition) is 1. The highest BCUT2D eigenvalue weighted by atomic mass is 32.2. The Labute approximate surface area is 90.7 Å². The molecule has 0 saturated heterocycles. The molecule has 0 fully saturated rings. The third-order valence-electron chi connectivity index (χ3n) is 2.36. The molecule has 6 nitrogen and oxygen atoms in total. The maximum atomic E-state index is 11.8. The molecule has 0 saturated carbocycles. The molecule has 15 heavy (non-hydrogen) atoms. The van der Waals surface area contributed by atoms with Gasteiger partial charge in [0.05, 0.1) is 0 Å². The maximum absolute atomic E-state index is 11.8. The number of likely N-dealkylation sites (N-methyl/N-ethyl adjacent to an activating group) is 1. The fourth-order valence-corrected chi connectivity index (χ4v) is 2.25. The lowest BCUT2D eigenvalue weighted by molar-refractivity contribution is -0.140. The average molecular weight is 238 g/mol. The van der Waals surface area contributed by atoms with E-state index in [2.05, 4.69) is 0 Å². The Hall–Kier alpha value is -0.660. The topological polar surface area (TPSA) is 77.9 Å². The Kier molecular flexibility index (Phi) is 4.69. The van der Waals surface area contributed by atoms with Crippen LogP contribution in [-0.4, -0.2) is 54.3 Å². The molecule has 90 valence electrons. The van der Waals surface area contributed by atoms with Crippen molar-refractivity contribution in [2.24, 2.45) is 0 Å². The van der Waals surface area contributed by atoms with E-state index in [0.29, 0.717) is 0 Å². The van der Waals surface area contributed by atoms with E-state index >= 15 is 0 Å². The number of aliphatic carboxylic acids is 1. The summed E-state index contributed by atoms with van der Waals surface area (Å²) in [6.45, 7) is 4.77. The zero-order chi connectivity index (χ0) is 12.4. The minimum Gasteiger partial charge on any atom is -0.480 e. The maximum Gasteiger partial charge on any atom is 0.321 e. The van der Waals surface area contributed by atoms with E-state index in [0.717, 1.165) is 8.61 Å². The predicted molar refractivity (Wildman–Crippen MR) is 56.7 cm³/mol. The molecule has 0 spiro atoms. The highest BCUT2D eigenvalue weighted by Crippen LogP contribution is 2.11. The van der Waals surface area contributed by atoms with E-state index in [9.17, 15) is 13.2 Å². The second kappa shape index (κ2) is 4.91. The third-order valence-corrected chi connectivity index (χ3v) is 4.55. The number of nitrogens with zero attached hydrogens (tertiary/aromatic N) is 2. The second-order valence-electron chi connectivity index (χ2n) is 3.65. The largest absolute Gasteiger partial charge is 0.480 e. The molecule has 1 atom stereocenters. The predicted octanol–water partition coefficient (Wildman–Crippen LogP) is -0.0237. The van der Waals surface area contributed by atoms with Crippen LogP contribution in [0.4, 0.5) is 0 Å². The first-order valence-electron chi connectivity index (χ1n) is 4.56. The summed E-state index contributed by atoms with van der Waals surface area (Å²) in [6.07, 6.45) is 0. The minimum absolute atomic E-state index is 0.210. The molecule has 0 rings (SSSR count). The van der Waals surface area contributed by atoms with Gasteiger partial charge in [-0.3, -0.25) is 4.79 Å². The minimum atomic E-state index is -3.70. The number of rotatable bonds is 5. The standard InChI is InChI=1S/C8H18N2O4S/c1-6(2)9(4)15(13,14)10(5)7(3)8(11)12/h6-7H,1-5H3,(H,11,12). The van der Waals surface area contributed by atoms with E-state index in [1.165, 1.54) is 21.0 Å². The molecule has 0 heterocycles. The Morgan fingerprint density at radius 1 is 1.13 bits per heavy atom. The first-order valence-corrected chi connectivity index (χ1v) is 5.95. The molecule has 1 N–H and O–H groups in total.